The minimum atomic E-state index is -3.77. The maximum absolute atomic E-state index is 12.3. The number of aliphatic hydroxyl groups excluding tert-OH is 1. The van der Waals surface area contributed by atoms with Crippen molar-refractivity contribution in [2.24, 2.45) is 0 Å². The number of hydrogen-bond acceptors (Lipinski definition) is 3. The Morgan fingerprint density at radius 1 is 1.14 bits per heavy atom. The summed E-state index contributed by atoms with van der Waals surface area (Å²) in [5.41, 5.74) is 1.51. The second kappa shape index (κ2) is 6.23. The molecule has 2 aromatic carbocycles. The Bertz CT molecular complexity index is 776. The Labute approximate surface area is 133 Å². The zero-order valence-corrected chi connectivity index (χ0v) is 13.4. The fourth-order valence-corrected chi connectivity index (χ4v) is 3.37. The number of nitrogens with one attached hydrogen (secondary N) is 1. The standard InChI is InChI=1S/C14H13Cl2NO3S/c1-9-12(15)3-2-4-14(9)17-21(19,20)11-6-5-10(8-18)13(16)7-11/h2-7,17-18H,8H2,1H3. The van der Waals surface area contributed by atoms with Crippen molar-refractivity contribution in [3.8, 4) is 0 Å². The van der Waals surface area contributed by atoms with Crippen LogP contribution in [0.5, 0.6) is 0 Å². The highest BCUT2D eigenvalue weighted by molar-refractivity contribution is 7.92. The van der Waals surface area contributed by atoms with E-state index < -0.39 is 10.0 Å². The van der Waals surface area contributed by atoms with Crippen molar-refractivity contribution in [2.75, 3.05) is 4.72 Å². The lowest BCUT2D eigenvalue weighted by molar-refractivity contribution is 0.282. The summed E-state index contributed by atoms with van der Waals surface area (Å²) in [6.07, 6.45) is 0. The maximum Gasteiger partial charge on any atom is 0.261 e. The topological polar surface area (TPSA) is 66.4 Å². The van der Waals surface area contributed by atoms with E-state index in [1.165, 1.54) is 18.2 Å². The molecule has 0 amide bonds. The van der Waals surface area contributed by atoms with Gasteiger partial charge in [-0.2, -0.15) is 0 Å². The molecule has 2 N–H and O–H groups in total. The molecule has 0 heterocycles. The van der Waals surface area contributed by atoms with Gasteiger partial charge in [-0.1, -0.05) is 35.3 Å². The van der Waals surface area contributed by atoms with E-state index in [1.807, 2.05) is 0 Å². The molecule has 21 heavy (non-hydrogen) atoms. The van der Waals surface area contributed by atoms with E-state index in [-0.39, 0.29) is 16.5 Å². The van der Waals surface area contributed by atoms with Crippen molar-refractivity contribution in [2.45, 2.75) is 18.4 Å². The van der Waals surface area contributed by atoms with Gasteiger partial charge in [-0.3, -0.25) is 4.72 Å². The van der Waals surface area contributed by atoms with Gasteiger partial charge in [0.15, 0.2) is 0 Å². The zero-order valence-electron chi connectivity index (χ0n) is 11.1. The normalized spacial score (nSPS) is 11.4. The Kier molecular flexibility index (Phi) is 4.78. The first-order valence-electron chi connectivity index (χ1n) is 6.02. The molecule has 0 saturated carbocycles. The van der Waals surface area contributed by atoms with Crippen LogP contribution in [0.1, 0.15) is 11.1 Å². The minimum Gasteiger partial charge on any atom is -0.392 e. The molecule has 2 aromatic rings. The number of sulfonamides is 1. The Morgan fingerprint density at radius 3 is 2.48 bits per heavy atom. The first-order valence-corrected chi connectivity index (χ1v) is 8.26. The predicted molar refractivity (Wildman–Crippen MR) is 84.4 cm³/mol. The Hall–Kier alpha value is -1.27. The van der Waals surface area contributed by atoms with Crippen LogP contribution in [0, 0.1) is 6.92 Å². The van der Waals surface area contributed by atoms with Crippen LogP contribution in [-0.2, 0) is 16.6 Å². The summed E-state index contributed by atoms with van der Waals surface area (Å²) in [5, 5.41) is 9.72. The molecule has 0 aromatic heterocycles. The fourth-order valence-electron chi connectivity index (χ4n) is 1.75. The van der Waals surface area contributed by atoms with Gasteiger partial charge in [-0.05, 0) is 42.3 Å². The third kappa shape index (κ3) is 3.49. The summed E-state index contributed by atoms with van der Waals surface area (Å²) >= 11 is 11.9. The van der Waals surface area contributed by atoms with Crippen molar-refractivity contribution in [3.63, 3.8) is 0 Å². The van der Waals surface area contributed by atoms with Crippen LogP contribution in [0.15, 0.2) is 41.3 Å². The van der Waals surface area contributed by atoms with Gasteiger partial charge in [0.2, 0.25) is 0 Å². The van der Waals surface area contributed by atoms with Crippen LogP contribution in [0.4, 0.5) is 5.69 Å². The van der Waals surface area contributed by atoms with E-state index in [0.717, 1.165) is 0 Å². The highest BCUT2D eigenvalue weighted by Crippen LogP contribution is 2.27. The van der Waals surface area contributed by atoms with E-state index in [4.69, 9.17) is 28.3 Å². The highest BCUT2D eigenvalue weighted by atomic mass is 35.5. The number of rotatable bonds is 4. The second-order valence-corrected chi connectivity index (χ2v) is 6.93. The van der Waals surface area contributed by atoms with Crippen LogP contribution in [-0.4, -0.2) is 13.5 Å². The number of anilines is 1. The molecule has 0 fully saturated rings. The average molecular weight is 346 g/mol. The Morgan fingerprint density at radius 2 is 1.86 bits per heavy atom. The summed E-state index contributed by atoms with van der Waals surface area (Å²) in [6.45, 7) is 1.47. The van der Waals surface area contributed by atoms with Gasteiger partial charge >= 0.3 is 0 Å². The minimum absolute atomic E-state index is 0.0177. The zero-order chi connectivity index (χ0) is 15.6. The van der Waals surface area contributed by atoms with E-state index in [1.54, 1.807) is 25.1 Å². The monoisotopic (exact) mass is 345 g/mol. The van der Waals surface area contributed by atoms with Crippen molar-refractivity contribution in [1.82, 2.24) is 0 Å². The molecular weight excluding hydrogens is 333 g/mol. The molecule has 7 heteroatoms. The first kappa shape index (κ1) is 16.1. The van der Waals surface area contributed by atoms with Crippen molar-refractivity contribution in [1.29, 1.82) is 0 Å². The Balaban J connectivity index is 2.39. The van der Waals surface area contributed by atoms with Gasteiger partial charge < -0.3 is 5.11 Å². The quantitative estimate of drug-likeness (QED) is 0.889. The smallest absolute Gasteiger partial charge is 0.261 e. The third-order valence-corrected chi connectivity index (χ3v) is 5.14. The van der Waals surface area contributed by atoms with E-state index >= 15 is 0 Å². The molecule has 0 aliphatic rings. The van der Waals surface area contributed by atoms with Crippen molar-refractivity contribution in [3.05, 3.63) is 57.6 Å². The van der Waals surface area contributed by atoms with E-state index in [0.29, 0.717) is 21.8 Å². The molecule has 0 saturated heterocycles. The fraction of sp³-hybridized carbons (Fsp3) is 0.143. The van der Waals surface area contributed by atoms with Gasteiger partial charge in [-0.25, -0.2) is 8.42 Å². The number of benzene rings is 2. The molecule has 0 aliphatic heterocycles. The summed E-state index contributed by atoms with van der Waals surface area (Å²) in [5.74, 6) is 0. The van der Waals surface area contributed by atoms with Crippen LogP contribution < -0.4 is 4.72 Å². The molecule has 0 atom stereocenters. The van der Waals surface area contributed by atoms with Gasteiger partial charge in [0.1, 0.15) is 0 Å². The molecule has 0 aliphatic carbocycles. The van der Waals surface area contributed by atoms with Crippen LogP contribution in [0.2, 0.25) is 10.0 Å². The molecule has 0 radical (unpaired) electrons. The number of aliphatic hydroxyl groups is 1. The van der Waals surface area contributed by atoms with Crippen molar-refractivity contribution < 1.29 is 13.5 Å². The van der Waals surface area contributed by atoms with Gasteiger partial charge in [0, 0.05) is 10.0 Å². The molecule has 112 valence electrons. The molecule has 2 rings (SSSR count). The predicted octanol–water partition coefficient (Wildman–Crippen LogP) is 3.59. The molecule has 0 spiro atoms. The van der Waals surface area contributed by atoms with Crippen LogP contribution >= 0.6 is 23.2 Å². The first-order chi connectivity index (χ1) is 9.85. The molecular formula is C14H13Cl2NO3S. The summed E-state index contributed by atoms with van der Waals surface area (Å²) in [4.78, 5) is 0.0177. The second-order valence-electron chi connectivity index (χ2n) is 4.43. The SMILES string of the molecule is Cc1c(Cl)cccc1NS(=O)(=O)c1ccc(CO)c(Cl)c1. The lowest BCUT2D eigenvalue weighted by Crippen LogP contribution is -2.14. The summed E-state index contributed by atoms with van der Waals surface area (Å²) in [7, 11) is -3.77. The number of hydrogen-bond donors (Lipinski definition) is 2. The highest BCUT2D eigenvalue weighted by Gasteiger charge is 2.17. The van der Waals surface area contributed by atoms with Crippen molar-refractivity contribution >= 4 is 38.9 Å². The van der Waals surface area contributed by atoms with Gasteiger partial charge in [0.05, 0.1) is 17.2 Å². The summed E-state index contributed by atoms with van der Waals surface area (Å²) < 4.78 is 27.2. The van der Waals surface area contributed by atoms with Gasteiger partial charge in [0.25, 0.3) is 10.0 Å². The van der Waals surface area contributed by atoms with Crippen LogP contribution in [0.3, 0.4) is 0 Å². The summed E-state index contributed by atoms with van der Waals surface area (Å²) in [6, 6.07) is 9.13. The maximum atomic E-state index is 12.3. The van der Waals surface area contributed by atoms with E-state index in [9.17, 15) is 8.42 Å². The molecule has 0 unspecified atom stereocenters. The van der Waals surface area contributed by atoms with E-state index in [2.05, 4.69) is 4.72 Å². The lowest BCUT2D eigenvalue weighted by atomic mass is 10.2. The van der Waals surface area contributed by atoms with Gasteiger partial charge in [-0.15, -0.1) is 0 Å². The molecule has 4 nitrogen and oxygen atoms in total. The lowest BCUT2D eigenvalue weighted by Gasteiger charge is -2.12. The number of halogens is 2. The van der Waals surface area contributed by atoms with Crippen LogP contribution in [0.25, 0.3) is 0 Å². The third-order valence-electron chi connectivity index (χ3n) is 3.02. The largest absolute Gasteiger partial charge is 0.392 e. The average Bonchev–Trinajstić information content (AvgIpc) is 2.43. The molecule has 0 bridgehead atoms.